The van der Waals surface area contributed by atoms with Gasteiger partial charge in [-0.3, -0.25) is 0 Å². The Labute approximate surface area is 131 Å². The normalized spacial score (nSPS) is 29.7. The van der Waals surface area contributed by atoms with E-state index in [0.29, 0.717) is 17.6 Å². The van der Waals surface area contributed by atoms with Gasteiger partial charge in [0.1, 0.15) is 0 Å². The minimum atomic E-state index is 0.316. The van der Waals surface area contributed by atoms with Gasteiger partial charge in [0.2, 0.25) is 0 Å². The first kappa shape index (κ1) is 17.2. The minimum absolute atomic E-state index is 0.316. The van der Waals surface area contributed by atoms with E-state index in [2.05, 4.69) is 32.6 Å². The van der Waals surface area contributed by atoms with Gasteiger partial charge >= 0.3 is 0 Å². The quantitative estimate of drug-likeness (QED) is 0.746. The second-order valence-electron chi connectivity index (χ2n) is 8.05. The van der Waals surface area contributed by atoms with E-state index >= 15 is 0 Å². The van der Waals surface area contributed by atoms with Gasteiger partial charge in [-0.1, -0.05) is 20.8 Å². The molecule has 0 aromatic carbocycles. The SMILES string of the molecule is CC(CC1CC(C(C)(C)C)CCO1)OCCN1CCCC1. The molecule has 0 aromatic rings. The molecule has 3 unspecified atom stereocenters. The number of nitrogens with zero attached hydrogens (tertiary/aromatic N) is 1. The fraction of sp³-hybridized carbons (Fsp3) is 1.00. The molecule has 0 amide bonds. The Morgan fingerprint density at radius 2 is 1.95 bits per heavy atom. The summed E-state index contributed by atoms with van der Waals surface area (Å²) in [7, 11) is 0. The Kier molecular flexibility index (Phi) is 6.51. The highest BCUT2D eigenvalue weighted by Gasteiger charge is 2.31. The lowest BCUT2D eigenvalue weighted by atomic mass is 9.74. The summed E-state index contributed by atoms with van der Waals surface area (Å²) in [6.07, 6.45) is 6.89. The van der Waals surface area contributed by atoms with E-state index < -0.39 is 0 Å². The molecular formula is C18H35NO2. The molecule has 0 saturated carbocycles. The molecule has 2 aliphatic rings. The maximum Gasteiger partial charge on any atom is 0.0602 e. The van der Waals surface area contributed by atoms with Gasteiger partial charge < -0.3 is 14.4 Å². The average molecular weight is 297 g/mol. The molecule has 2 aliphatic heterocycles. The highest BCUT2D eigenvalue weighted by Crippen LogP contribution is 2.36. The first-order valence-electron chi connectivity index (χ1n) is 8.90. The number of hydrogen-bond donors (Lipinski definition) is 0. The third kappa shape index (κ3) is 5.88. The predicted molar refractivity (Wildman–Crippen MR) is 87.6 cm³/mol. The van der Waals surface area contributed by atoms with Crippen molar-refractivity contribution in [1.82, 2.24) is 4.90 Å². The van der Waals surface area contributed by atoms with Gasteiger partial charge in [-0.05, 0) is 63.5 Å². The molecule has 124 valence electrons. The van der Waals surface area contributed by atoms with Crippen molar-refractivity contribution >= 4 is 0 Å². The molecule has 2 rings (SSSR count). The van der Waals surface area contributed by atoms with Gasteiger partial charge in [0.25, 0.3) is 0 Å². The topological polar surface area (TPSA) is 21.7 Å². The van der Waals surface area contributed by atoms with Gasteiger partial charge in [-0.25, -0.2) is 0 Å². The van der Waals surface area contributed by atoms with Crippen molar-refractivity contribution in [2.75, 3.05) is 32.8 Å². The summed E-state index contributed by atoms with van der Waals surface area (Å²) in [6.45, 7) is 14.7. The van der Waals surface area contributed by atoms with Crippen LogP contribution in [0.5, 0.6) is 0 Å². The molecule has 0 aromatic heterocycles. The number of likely N-dealkylation sites (tertiary alicyclic amines) is 1. The van der Waals surface area contributed by atoms with Crippen LogP contribution in [0.25, 0.3) is 0 Å². The zero-order chi connectivity index (χ0) is 15.3. The zero-order valence-corrected chi connectivity index (χ0v) is 14.6. The molecule has 21 heavy (non-hydrogen) atoms. The van der Waals surface area contributed by atoms with Crippen LogP contribution in [0.15, 0.2) is 0 Å². The van der Waals surface area contributed by atoms with E-state index in [1.54, 1.807) is 0 Å². The molecule has 2 fully saturated rings. The van der Waals surface area contributed by atoms with Crippen LogP contribution in [0.3, 0.4) is 0 Å². The maximum absolute atomic E-state index is 6.01. The van der Waals surface area contributed by atoms with Crippen LogP contribution in [-0.2, 0) is 9.47 Å². The van der Waals surface area contributed by atoms with E-state index in [4.69, 9.17) is 9.47 Å². The Morgan fingerprint density at radius 3 is 2.62 bits per heavy atom. The molecular weight excluding hydrogens is 262 g/mol. The van der Waals surface area contributed by atoms with Crippen molar-refractivity contribution < 1.29 is 9.47 Å². The van der Waals surface area contributed by atoms with Gasteiger partial charge in [0.05, 0.1) is 18.8 Å². The highest BCUT2D eigenvalue weighted by molar-refractivity contribution is 4.81. The van der Waals surface area contributed by atoms with Gasteiger partial charge in [0, 0.05) is 13.2 Å². The standard InChI is InChI=1S/C18H35NO2/c1-15(20-12-10-19-8-5-6-9-19)13-17-14-16(7-11-21-17)18(2,3)4/h15-17H,5-14H2,1-4H3. The fourth-order valence-electron chi connectivity index (χ4n) is 3.66. The van der Waals surface area contributed by atoms with Gasteiger partial charge in [0.15, 0.2) is 0 Å². The molecule has 0 spiro atoms. The first-order valence-corrected chi connectivity index (χ1v) is 8.90. The van der Waals surface area contributed by atoms with E-state index in [1.807, 2.05) is 0 Å². The van der Waals surface area contributed by atoms with E-state index in [0.717, 1.165) is 32.1 Å². The Hall–Kier alpha value is -0.120. The molecule has 2 saturated heterocycles. The largest absolute Gasteiger partial charge is 0.378 e. The lowest BCUT2D eigenvalue weighted by molar-refractivity contribution is -0.0646. The molecule has 0 aliphatic carbocycles. The van der Waals surface area contributed by atoms with Crippen molar-refractivity contribution in [3.63, 3.8) is 0 Å². The Morgan fingerprint density at radius 1 is 1.24 bits per heavy atom. The van der Waals surface area contributed by atoms with Crippen LogP contribution < -0.4 is 0 Å². The lowest BCUT2D eigenvalue weighted by Gasteiger charge is -2.38. The molecule has 0 N–H and O–H groups in total. The van der Waals surface area contributed by atoms with Crippen LogP contribution in [0.1, 0.15) is 59.8 Å². The van der Waals surface area contributed by atoms with E-state index in [9.17, 15) is 0 Å². The number of hydrogen-bond acceptors (Lipinski definition) is 3. The third-order valence-corrected chi connectivity index (χ3v) is 5.20. The van der Waals surface area contributed by atoms with Crippen LogP contribution in [0.2, 0.25) is 0 Å². The zero-order valence-electron chi connectivity index (χ0n) is 14.6. The highest BCUT2D eigenvalue weighted by atomic mass is 16.5. The molecule has 3 heteroatoms. The molecule has 0 radical (unpaired) electrons. The summed E-state index contributed by atoms with van der Waals surface area (Å²) in [5, 5.41) is 0. The molecule has 3 atom stereocenters. The van der Waals surface area contributed by atoms with E-state index in [-0.39, 0.29) is 0 Å². The fourth-order valence-corrected chi connectivity index (χ4v) is 3.66. The van der Waals surface area contributed by atoms with Gasteiger partial charge in [-0.15, -0.1) is 0 Å². The Bertz CT molecular complexity index is 294. The predicted octanol–water partition coefficient (Wildman–Crippen LogP) is 3.72. The van der Waals surface area contributed by atoms with Crippen molar-refractivity contribution in [2.45, 2.75) is 72.0 Å². The monoisotopic (exact) mass is 297 g/mol. The Balaban J connectivity index is 1.63. The van der Waals surface area contributed by atoms with Crippen molar-refractivity contribution in [3.8, 4) is 0 Å². The van der Waals surface area contributed by atoms with Crippen LogP contribution in [0, 0.1) is 11.3 Å². The number of rotatable bonds is 6. The summed E-state index contributed by atoms with van der Waals surface area (Å²) in [5.41, 5.74) is 0.405. The second-order valence-corrected chi connectivity index (χ2v) is 8.05. The minimum Gasteiger partial charge on any atom is -0.378 e. The van der Waals surface area contributed by atoms with Crippen molar-refractivity contribution in [2.24, 2.45) is 11.3 Å². The molecule has 3 nitrogen and oxygen atoms in total. The van der Waals surface area contributed by atoms with Crippen LogP contribution in [-0.4, -0.2) is 50.0 Å². The average Bonchev–Trinajstić information content (AvgIpc) is 2.91. The second kappa shape index (κ2) is 7.94. The summed E-state index contributed by atoms with van der Waals surface area (Å²) >= 11 is 0. The van der Waals surface area contributed by atoms with E-state index in [1.165, 1.54) is 38.8 Å². The molecule has 2 heterocycles. The maximum atomic E-state index is 6.01. The van der Waals surface area contributed by atoms with Gasteiger partial charge in [-0.2, -0.15) is 0 Å². The summed E-state index contributed by atoms with van der Waals surface area (Å²) in [5.74, 6) is 0.785. The summed E-state index contributed by atoms with van der Waals surface area (Å²) in [4.78, 5) is 2.51. The van der Waals surface area contributed by atoms with Crippen molar-refractivity contribution in [3.05, 3.63) is 0 Å². The smallest absolute Gasteiger partial charge is 0.0602 e. The first-order chi connectivity index (χ1) is 9.95. The lowest BCUT2D eigenvalue weighted by Crippen LogP contribution is -2.35. The number of ether oxygens (including phenoxy) is 2. The van der Waals surface area contributed by atoms with Crippen LogP contribution >= 0.6 is 0 Å². The summed E-state index contributed by atoms with van der Waals surface area (Å²) in [6, 6.07) is 0. The molecule has 0 bridgehead atoms. The summed E-state index contributed by atoms with van der Waals surface area (Å²) < 4.78 is 12.0. The van der Waals surface area contributed by atoms with Crippen molar-refractivity contribution in [1.29, 1.82) is 0 Å². The third-order valence-electron chi connectivity index (χ3n) is 5.20. The van der Waals surface area contributed by atoms with Crippen LogP contribution in [0.4, 0.5) is 0 Å².